The van der Waals surface area contributed by atoms with Crippen molar-refractivity contribution in [3.05, 3.63) is 37.4 Å². The van der Waals surface area contributed by atoms with Gasteiger partial charge in [-0.25, -0.2) is 8.42 Å². The van der Waals surface area contributed by atoms with Crippen LogP contribution < -0.4 is 51.4 Å². The number of rotatable bonds is 3. The molecule has 0 unspecified atom stereocenters. The summed E-state index contributed by atoms with van der Waals surface area (Å²) in [5.74, 6) is 0. The Morgan fingerprint density at radius 1 is 1.11 bits per heavy atom. The summed E-state index contributed by atoms with van der Waals surface area (Å²) in [6.45, 7) is 0. The van der Waals surface area contributed by atoms with E-state index in [1.54, 1.807) is 0 Å². The number of nitro groups is 2. The third kappa shape index (κ3) is 3.68. The van der Waals surface area contributed by atoms with Gasteiger partial charge in [0.25, 0.3) is 5.69 Å². The zero-order valence-electron chi connectivity index (χ0n) is 8.69. The molecule has 18 heavy (non-hydrogen) atoms. The van der Waals surface area contributed by atoms with E-state index in [4.69, 9.17) is 11.6 Å². The summed E-state index contributed by atoms with van der Waals surface area (Å²) in [6, 6.07) is 1.09. The first-order valence-electron chi connectivity index (χ1n) is 3.73. The van der Waals surface area contributed by atoms with E-state index in [0.29, 0.717) is 12.1 Å². The number of hydrogen-bond acceptors (Lipinski definition) is 7. The van der Waals surface area contributed by atoms with Crippen molar-refractivity contribution in [1.82, 2.24) is 0 Å². The van der Waals surface area contributed by atoms with Crippen LogP contribution in [0.15, 0.2) is 17.0 Å². The Kier molecular flexibility index (Phi) is 6.29. The van der Waals surface area contributed by atoms with Crippen molar-refractivity contribution >= 4 is 33.1 Å². The molecule has 0 N–H and O–H groups in total. The molecule has 0 aromatic heterocycles. The average Bonchev–Trinajstić information content (AvgIpc) is 2.14. The molecule has 0 bridgehead atoms. The van der Waals surface area contributed by atoms with E-state index in [1.165, 1.54) is 0 Å². The maximum absolute atomic E-state index is 10.7. The Morgan fingerprint density at radius 2 is 1.61 bits per heavy atom. The Balaban J connectivity index is 0.00000289. The van der Waals surface area contributed by atoms with Gasteiger partial charge in [0.2, 0.25) is 0 Å². The first-order valence-corrected chi connectivity index (χ1v) is 5.52. The second-order valence-corrected chi connectivity index (χ2v) is 4.44. The first kappa shape index (κ1) is 17.9. The van der Waals surface area contributed by atoms with Gasteiger partial charge in [-0.1, -0.05) is 11.6 Å². The zero-order chi connectivity index (χ0) is 13.4. The molecule has 0 atom stereocenters. The topological polar surface area (TPSA) is 143 Å². The summed E-state index contributed by atoms with van der Waals surface area (Å²) >= 11 is 5.32. The molecule has 0 saturated heterocycles. The molecule has 0 radical (unpaired) electrons. The van der Waals surface area contributed by atoms with Crippen molar-refractivity contribution in [3.8, 4) is 0 Å². The molecule has 0 amide bonds. The van der Waals surface area contributed by atoms with Gasteiger partial charge in [-0.3, -0.25) is 20.2 Å². The molecule has 92 valence electrons. The van der Waals surface area contributed by atoms with Crippen LogP contribution in [0.2, 0.25) is 5.02 Å². The Hall–Kier alpha value is -0.144. The van der Waals surface area contributed by atoms with E-state index in [1.807, 2.05) is 0 Å². The van der Waals surface area contributed by atoms with E-state index in [0.717, 1.165) is 0 Å². The minimum atomic E-state index is -5.14. The summed E-state index contributed by atoms with van der Waals surface area (Å²) in [5.41, 5.74) is -2.15. The number of halogens is 1. The maximum atomic E-state index is 10.7. The van der Waals surface area contributed by atoms with Crippen LogP contribution in [-0.2, 0) is 10.1 Å². The van der Waals surface area contributed by atoms with Crippen LogP contribution in [0.25, 0.3) is 0 Å². The van der Waals surface area contributed by atoms with Crippen LogP contribution in [0, 0.1) is 20.2 Å². The second kappa shape index (κ2) is 6.34. The third-order valence-electron chi connectivity index (χ3n) is 1.71. The molecule has 0 aliphatic heterocycles. The van der Waals surface area contributed by atoms with Crippen LogP contribution in [0.5, 0.6) is 0 Å². The summed E-state index contributed by atoms with van der Waals surface area (Å²) < 4.78 is 32.1. The summed E-state index contributed by atoms with van der Waals surface area (Å²) in [7, 11) is -5.14. The molecule has 0 saturated carbocycles. The van der Waals surface area contributed by atoms with Gasteiger partial charge in [0, 0.05) is 6.07 Å². The predicted octanol–water partition coefficient (Wildman–Crippen LogP) is -1.94. The van der Waals surface area contributed by atoms with Gasteiger partial charge < -0.3 is 4.55 Å². The third-order valence-corrected chi connectivity index (χ3v) is 2.95. The number of hydrogen-bond donors (Lipinski definition) is 0. The van der Waals surface area contributed by atoms with Crippen LogP contribution in [-0.4, -0.2) is 22.8 Å². The minimum absolute atomic E-state index is 0. The normalized spacial score (nSPS) is 10.6. The molecule has 9 nitrogen and oxygen atoms in total. The molecular formula is C6H2ClKN2O7S. The van der Waals surface area contributed by atoms with E-state index in [9.17, 15) is 33.2 Å². The fourth-order valence-electron chi connectivity index (χ4n) is 1.05. The number of benzene rings is 1. The van der Waals surface area contributed by atoms with Crippen LogP contribution in [0.3, 0.4) is 0 Å². The molecular weight excluding hydrogens is 319 g/mol. The summed E-state index contributed by atoms with van der Waals surface area (Å²) in [5, 5.41) is 20.0. The molecule has 1 rings (SSSR count). The van der Waals surface area contributed by atoms with Crippen LogP contribution >= 0.6 is 11.6 Å². The average molecular weight is 321 g/mol. The number of nitro benzene ring substituents is 2. The van der Waals surface area contributed by atoms with Crippen molar-refractivity contribution in [2.24, 2.45) is 0 Å². The van der Waals surface area contributed by atoms with Crippen LogP contribution in [0.1, 0.15) is 0 Å². The van der Waals surface area contributed by atoms with Gasteiger partial charge in [0.05, 0.1) is 9.85 Å². The van der Waals surface area contributed by atoms with Crippen LogP contribution in [0.4, 0.5) is 11.4 Å². The Morgan fingerprint density at radius 3 is 1.94 bits per heavy atom. The SMILES string of the molecule is O=[N+]([O-])c1ccc(S(=O)(=O)[O-])c([N+](=O)[O-])c1Cl.[K+]. The van der Waals surface area contributed by atoms with E-state index in [-0.39, 0.29) is 51.4 Å². The zero-order valence-corrected chi connectivity index (χ0v) is 13.4. The first-order chi connectivity index (χ1) is 7.66. The van der Waals surface area contributed by atoms with Gasteiger partial charge in [-0.15, -0.1) is 0 Å². The molecule has 12 heteroatoms. The molecule has 1 aromatic carbocycles. The summed E-state index contributed by atoms with van der Waals surface area (Å²) in [6.07, 6.45) is 0. The predicted molar refractivity (Wildman–Crippen MR) is 52.7 cm³/mol. The standard InChI is InChI=1S/C6H3ClN2O7S.K/c7-5-3(8(10)11)1-2-4(17(14,15)16)6(5)9(12)13;/h1-2H,(H,14,15,16);/q;+1/p-1. The van der Waals surface area contributed by atoms with E-state index >= 15 is 0 Å². The van der Waals surface area contributed by atoms with Crippen molar-refractivity contribution < 1.29 is 74.2 Å². The molecule has 0 fully saturated rings. The smallest absolute Gasteiger partial charge is 0.744 e. The van der Waals surface area contributed by atoms with Gasteiger partial charge in [0.15, 0.2) is 5.02 Å². The van der Waals surface area contributed by atoms with E-state index < -0.39 is 41.3 Å². The Bertz CT molecular complexity index is 617. The largest absolute Gasteiger partial charge is 1.00 e. The maximum Gasteiger partial charge on any atom is 1.00 e. The minimum Gasteiger partial charge on any atom is -0.744 e. The van der Waals surface area contributed by atoms with Gasteiger partial charge >= 0.3 is 57.1 Å². The van der Waals surface area contributed by atoms with E-state index in [2.05, 4.69) is 0 Å². The Labute approximate surface area is 148 Å². The second-order valence-electron chi connectivity index (χ2n) is 2.71. The van der Waals surface area contributed by atoms with Crippen molar-refractivity contribution in [3.63, 3.8) is 0 Å². The molecule has 0 heterocycles. The van der Waals surface area contributed by atoms with Gasteiger partial charge in [-0.05, 0) is 6.07 Å². The molecule has 1 aromatic rings. The fourth-order valence-corrected chi connectivity index (χ4v) is 2.06. The summed E-state index contributed by atoms with van der Waals surface area (Å²) in [4.78, 5) is 17.5. The van der Waals surface area contributed by atoms with Crippen molar-refractivity contribution in [1.29, 1.82) is 0 Å². The quantitative estimate of drug-likeness (QED) is 0.273. The molecule has 0 aliphatic rings. The molecule has 0 spiro atoms. The fraction of sp³-hybridized carbons (Fsp3) is 0. The molecule has 0 aliphatic carbocycles. The monoisotopic (exact) mass is 320 g/mol. The van der Waals surface area contributed by atoms with Gasteiger partial charge in [0.1, 0.15) is 15.0 Å². The van der Waals surface area contributed by atoms with Crippen molar-refractivity contribution in [2.75, 3.05) is 0 Å². The van der Waals surface area contributed by atoms with Gasteiger partial charge in [-0.2, -0.15) is 0 Å². The van der Waals surface area contributed by atoms with Crippen molar-refractivity contribution in [2.45, 2.75) is 4.90 Å². The number of nitrogens with zero attached hydrogens (tertiary/aromatic N) is 2.